The Labute approximate surface area is 205 Å². The number of amides is 2. The minimum atomic E-state index is -0.913. The average Bonchev–Trinajstić information content (AvgIpc) is 3.18. The maximum atomic E-state index is 13.3. The molecule has 0 aromatic heterocycles. The summed E-state index contributed by atoms with van der Waals surface area (Å²) in [6.45, 7) is 4.00. The number of nitrogens with one attached hydrogen (secondary N) is 1. The summed E-state index contributed by atoms with van der Waals surface area (Å²) < 4.78 is 5.61. The number of hydrogen-bond acceptors (Lipinski definition) is 4. The largest absolute Gasteiger partial charge is 0.481 e. The molecule has 2 amide bonds. The molecule has 3 atom stereocenters. The molecule has 0 saturated carbocycles. The van der Waals surface area contributed by atoms with Gasteiger partial charge in [-0.1, -0.05) is 48.5 Å². The van der Waals surface area contributed by atoms with Gasteiger partial charge in [0, 0.05) is 24.9 Å². The van der Waals surface area contributed by atoms with Crippen LogP contribution in [0.15, 0.2) is 48.5 Å². The van der Waals surface area contributed by atoms with E-state index in [9.17, 15) is 19.5 Å². The van der Waals surface area contributed by atoms with E-state index >= 15 is 0 Å². The number of aliphatic carboxylic acids is 1. The van der Waals surface area contributed by atoms with Crippen molar-refractivity contribution in [3.8, 4) is 23.0 Å². The first-order valence-corrected chi connectivity index (χ1v) is 12.0. The number of carboxylic acid groups (broad SMARTS) is 1. The van der Waals surface area contributed by atoms with Gasteiger partial charge in [-0.05, 0) is 48.9 Å². The van der Waals surface area contributed by atoms with Crippen LogP contribution in [0.3, 0.4) is 0 Å². The summed E-state index contributed by atoms with van der Waals surface area (Å²) in [6.07, 6.45) is 0.562. The van der Waals surface area contributed by atoms with Gasteiger partial charge in [0.05, 0.1) is 5.92 Å². The number of alkyl carbamates (subject to hydrolysis) is 1. The third kappa shape index (κ3) is 5.02. The molecular weight excluding hydrogens is 444 g/mol. The zero-order valence-electron chi connectivity index (χ0n) is 20.0. The Kier molecular flexibility index (Phi) is 7.40. The third-order valence-corrected chi connectivity index (χ3v) is 7.01. The molecule has 1 unspecified atom stereocenters. The van der Waals surface area contributed by atoms with E-state index in [1.807, 2.05) is 36.4 Å². The molecule has 2 aromatic rings. The van der Waals surface area contributed by atoms with Crippen LogP contribution in [0.1, 0.15) is 50.2 Å². The molecule has 0 radical (unpaired) electrons. The quantitative estimate of drug-likeness (QED) is 0.617. The lowest BCUT2D eigenvalue weighted by molar-refractivity contribution is -0.149. The van der Waals surface area contributed by atoms with Crippen LogP contribution >= 0.6 is 0 Å². The molecule has 0 bridgehead atoms. The number of carbonyl (C=O) groups is 3. The van der Waals surface area contributed by atoms with Gasteiger partial charge in [0.2, 0.25) is 5.91 Å². The summed E-state index contributed by atoms with van der Waals surface area (Å²) in [6, 6.07) is 14.8. The predicted octanol–water partition coefficient (Wildman–Crippen LogP) is 4.02. The number of ether oxygens (including phenoxy) is 1. The van der Waals surface area contributed by atoms with Crippen molar-refractivity contribution in [2.45, 2.75) is 51.1 Å². The summed E-state index contributed by atoms with van der Waals surface area (Å²) >= 11 is 0. The average molecular weight is 475 g/mol. The molecule has 2 aromatic carbocycles. The molecule has 1 fully saturated rings. The van der Waals surface area contributed by atoms with E-state index in [4.69, 9.17) is 4.74 Å². The SMILES string of the molecule is CC#CCC(NC(=O)OCC1c2ccccc2-c2ccccc21)C(=O)N1CCC[C@H](C(=O)O)[C@@H]1C. The summed E-state index contributed by atoms with van der Waals surface area (Å²) in [5, 5.41) is 12.2. The fourth-order valence-electron chi connectivity index (χ4n) is 5.17. The molecule has 1 aliphatic heterocycles. The number of rotatable bonds is 6. The Morgan fingerprint density at radius 3 is 2.34 bits per heavy atom. The molecule has 7 nitrogen and oxygen atoms in total. The highest BCUT2D eigenvalue weighted by Gasteiger charge is 2.38. The first-order valence-electron chi connectivity index (χ1n) is 12.0. The summed E-state index contributed by atoms with van der Waals surface area (Å²) in [5.74, 6) is 3.66. The second kappa shape index (κ2) is 10.6. The number of benzene rings is 2. The van der Waals surface area contributed by atoms with Crippen LogP contribution in [-0.2, 0) is 14.3 Å². The van der Waals surface area contributed by atoms with E-state index in [2.05, 4.69) is 29.3 Å². The van der Waals surface area contributed by atoms with Gasteiger partial charge < -0.3 is 20.1 Å². The molecule has 182 valence electrons. The van der Waals surface area contributed by atoms with E-state index < -0.39 is 30.1 Å². The number of nitrogens with zero attached hydrogens (tertiary/aromatic N) is 1. The van der Waals surface area contributed by atoms with Gasteiger partial charge in [0.15, 0.2) is 0 Å². The van der Waals surface area contributed by atoms with Crippen molar-refractivity contribution in [3.05, 3.63) is 59.7 Å². The predicted molar refractivity (Wildman–Crippen MR) is 132 cm³/mol. The summed E-state index contributed by atoms with van der Waals surface area (Å²) in [5.41, 5.74) is 4.48. The van der Waals surface area contributed by atoms with Crippen LogP contribution in [0, 0.1) is 17.8 Å². The van der Waals surface area contributed by atoms with E-state index in [0.29, 0.717) is 19.4 Å². The molecule has 35 heavy (non-hydrogen) atoms. The smallest absolute Gasteiger partial charge is 0.407 e. The van der Waals surface area contributed by atoms with Crippen LogP contribution in [0.4, 0.5) is 4.79 Å². The molecule has 1 aliphatic carbocycles. The van der Waals surface area contributed by atoms with Gasteiger partial charge in [-0.25, -0.2) is 4.79 Å². The lowest BCUT2D eigenvalue weighted by Gasteiger charge is -2.39. The lowest BCUT2D eigenvalue weighted by atomic mass is 9.89. The van der Waals surface area contributed by atoms with Crippen molar-refractivity contribution in [1.82, 2.24) is 10.2 Å². The molecule has 2 N–H and O–H groups in total. The molecule has 0 spiro atoms. The fraction of sp³-hybridized carbons (Fsp3) is 0.393. The Morgan fingerprint density at radius 1 is 1.11 bits per heavy atom. The van der Waals surface area contributed by atoms with E-state index in [-0.39, 0.29) is 24.9 Å². The Morgan fingerprint density at radius 2 is 1.74 bits per heavy atom. The fourth-order valence-corrected chi connectivity index (χ4v) is 5.17. The Balaban J connectivity index is 1.44. The van der Waals surface area contributed by atoms with Gasteiger partial charge in [0.1, 0.15) is 12.6 Å². The van der Waals surface area contributed by atoms with Crippen molar-refractivity contribution in [2.75, 3.05) is 13.2 Å². The van der Waals surface area contributed by atoms with E-state index in [1.165, 1.54) is 0 Å². The highest BCUT2D eigenvalue weighted by Crippen LogP contribution is 2.44. The maximum Gasteiger partial charge on any atom is 0.407 e. The van der Waals surface area contributed by atoms with Crippen LogP contribution < -0.4 is 5.32 Å². The molecule has 2 aliphatic rings. The van der Waals surface area contributed by atoms with Gasteiger partial charge in [-0.15, -0.1) is 11.8 Å². The zero-order chi connectivity index (χ0) is 24.9. The number of carbonyl (C=O) groups excluding carboxylic acids is 2. The molecule has 1 heterocycles. The molecule has 7 heteroatoms. The second-order valence-corrected chi connectivity index (χ2v) is 9.01. The number of piperidine rings is 1. The highest BCUT2D eigenvalue weighted by molar-refractivity contribution is 5.87. The molecule has 1 saturated heterocycles. The Hall–Kier alpha value is -3.79. The van der Waals surface area contributed by atoms with Crippen molar-refractivity contribution in [3.63, 3.8) is 0 Å². The van der Waals surface area contributed by atoms with Crippen LogP contribution in [0.2, 0.25) is 0 Å². The lowest BCUT2D eigenvalue weighted by Crippen LogP contribution is -2.55. The number of fused-ring (bicyclic) bond motifs is 3. The van der Waals surface area contributed by atoms with Crippen LogP contribution in [0.5, 0.6) is 0 Å². The van der Waals surface area contributed by atoms with Crippen molar-refractivity contribution in [2.24, 2.45) is 5.92 Å². The minimum absolute atomic E-state index is 0.0869. The standard InChI is InChI=1S/C28H30N2O5/c1-3-4-15-25(26(31)30-16-9-14-19(18(30)2)27(32)33)29-28(34)35-17-24-22-12-7-5-10-20(22)21-11-6-8-13-23(21)24/h5-8,10-13,18-19,24-25H,9,14-17H2,1-2H3,(H,29,34)(H,32,33)/t18-,19-,25?/m0/s1. The van der Waals surface area contributed by atoms with Gasteiger partial charge in [0.25, 0.3) is 0 Å². The van der Waals surface area contributed by atoms with Crippen LogP contribution in [0.25, 0.3) is 11.1 Å². The number of likely N-dealkylation sites (tertiary alicyclic amines) is 1. The van der Waals surface area contributed by atoms with Gasteiger partial charge in [-0.2, -0.15) is 0 Å². The van der Waals surface area contributed by atoms with E-state index in [0.717, 1.165) is 22.3 Å². The number of carboxylic acids is 1. The monoisotopic (exact) mass is 474 g/mol. The van der Waals surface area contributed by atoms with E-state index in [1.54, 1.807) is 18.7 Å². The van der Waals surface area contributed by atoms with Crippen molar-refractivity contribution >= 4 is 18.0 Å². The maximum absolute atomic E-state index is 13.3. The van der Waals surface area contributed by atoms with Crippen LogP contribution in [-0.4, -0.2) is 53.2 Å². The first-order chi connectivity index (χ1) is 16.9. The minimum Gasteiger partial charge on any atom is -0.481 e. The normalized spacial score (nSPS) is 19.5. The van der Waals surface area contributed by atoms with Crippen molar-refractivity contribution in [1.29, 1.82) is 0 Å². The van der Waals surface area contributed by atoms with Gasteiger partial charge in [-0.3, -0.25) is 9.59 Å². The second-order valence-electron chi connectivity index (χ2n) is 9.01. The summed E-state index contributed by atoms with van der Waals surface area (Å²) in [7, 11) is 0. The van der Waals surface area contributed by atoms with Crippen molar-refractivity contribution < 1.29 is 24.2 Å². The topological polar surface area (TPSA) is 95.9 Å². The first kappa shape index (κ1) is 24.3. The molecular formula is C28H30N2O5. The highest BCUT2D eigenvalue weighted by atomic mass is 16.5. The molecule has 4 rings (SSSR count). The Bertz CT molecular complexity index is 1140. The number of hydrogen-bond donors (Lipinski definition) is 2. The summed E-state index contributed by atoms with van der Waals surface area (Å²) in [4.78, 5) is 39.2. The zero-order valence-corrected chi connectivity index (χ0v) is 20.0. The van der Waals surface area contributed by atoms with Gasteiger partial charge >= 0.3 is 12.1 Å². The third-order valence-electron chi connectivity index (χ3n) is 7.01.